The van der Waals surface area contributed by atoms with Crippen LogP contribution in [0, 0.1) is 30.1 Å². The summed E-state index contributed by atoms with van der Waals surface area (Å²) in [5.74, 6) is -0.293. The Morgan fingerprint density at radius 3 is 2.55 bits per heavy atom. The number of amides is 1. The zero-order chi connectivity index (χ0) is 24.2. The van der Waals surface area contributed by atoms with Crippen molar-refractivity contribution >= 4 is 23.0 Å². The smallest absolute Gasteiger partial charge is 0.420 e. The number of hydrogen-bond donors (Lipinski definition) is 1. The van der Waals surface area contributed by atoms with Gasteiger partial charge in [0.1, 0.15) is 17.5 Å². The molecule has 2 aliphatic rings. The Balaban J connectivity index is 1.74. The topological polar surface area (TPSA) is 112 Å². The van der Waals surface area contributed by atoms with Gasteiger partial charge >= 0.3 is 6.09 Å². The van der Waals surface area contributed by atoms with E-state index in [1.807, 2.05) is 20.8 Å². The van der Waals surface area contributed by atoms with E-state index in [1.54, 1.807) is 43.0 Å². The highest BCUT2D eigenvalue weighted by atomic mass is 16.6. The molecule has 2 aromatic heterocycles. The van der Waals surface area contributed by atoms with Gasteiger partial charge in [-0.2, -0.15) is 5.26 Å². The van der Waals surface area contributed by atoms with Gasteiger partial charge in [0.05, 0.1) is 18.0 Å². The number of hydrogen-bond acceptors (Lipinski definition) is 7. The van der Waals surface area contributed by atoms with Crippen molar-refractivity contribution in [3.05, 3.63) is 29.1 Å². The molecule has 4 rings (SSSR count). The van der Waals surface area contributed by atoms with E-state index in [-0.39, 0.29) is 17.7 Å². The number of pyridine rings is 1. The molecule has 4 heterocycles. The number of aromatic nitrogens is 2. The maximum absolute atomic E-state index is 13.4. The highest BCUT2D eigenvalue weighted by Gasteiger charge is 2.43. The van der Waals surface area contributed by atoms with E-state index in [1.165, 1.54) is 4.57 Å². The number of likely N-dealkylation sites (tertiary alicyclic amines) is 1. The molecule has 1 fully saturated rings. The van der Waals surface area contributed by atoms with E-state index in [4.69, 9.17) is 10.00 Å². The second-order valence-corrected chi connectivity index (χ2v) is 10.4. The Kier molecular flexibility index (Phi) is 5.71. The maximum atomic E-state index is 13.4. The first-order chi connectivity index (χ1) is 15.4. The number of ether oxygens (including phenoxy) is 1. The monoisotopic (exact) mass is 453 g/mol. The number of rotatable bonds is 3. The van der Waals surface area contributed by atoms with Gasteiger partial charge in [0.25, 0.3) is 0 Å². The first-order valence-electron chi connectivity index (χ1n) is 11.3. The summed E-state index contributed by atoms with van der Waals surface area (Å²) in [6.45, 7) is 12.4. The van der Waals surface area contributed by atoms with Crippen molar-refractivity contribution in [1.82, 2.24) is 19.4 Å². The fourth-order valence-corrected chi connectivity index (χ4v) is 4.67. The minimum absolute atomic E-state index is 0.0691. The molecular formula is C24H31N5O4. The van der Waals surface area contributed by atoms with Crippen molar-refractivity contribution in [1.29, 1.82) is 5.26 Å². The molecular weight excluding hydrogens is 422 g/mol. The zero-order valence-corrected chi connectivity index (χ0v) is 20.0. The van der Waals surface area contributed by atoms with Gasteiger partial charge in [-0.15, -0.1) is 0 Å². The molecule has 0 radical (unpaired) electrons. The lowest BCUT2D eigenvalue weighted by Crippen LogP contribution is -2.58. The lowest BCUT2D eigenvalue weighted by atomic mass is 9.91. The van der Waals surface area contributed by atoms with Gasteiger partial charge in [-0.25, -0.2) is 14.3 Å². The van der Waals surface area contributed by atoms with Gasteiger partial charge in [-0.1, -0.05) is 13.8 Å². The molecule has 1 N–H and O–H groups in total. The first-order valence-corrected chi connectivity index (χ1v) is 11.3. The van der Waals surface area contributed by atoms with Crippen LogP contribution in [0.5, 0.6) is 0 Å². The van der Waals surface area contributed by atoms with Gasteiger partial charge in [-0.05, 0) is 44.7 Å². The Bertz CT molecular complexity index is 1150. The van der Waals surface area contributed by atoms with E-state index in [2.05, 4.69) is 11.1 Å². The van der Waals surface area contributed by atoms with Crippen LogP contribution >= 0.6 is 0 Å². The molecule has 9 nitrogen and oxygen atoms in total. The summed E-state index contributed by atoms with van der Waals surface area (Å²) in [7, 11) is 0. The van der Waals surface area contributed by atoms with Crippen LogP contribution in [-0.2, 0) is 16.1 Å². The fraction of sp³-hybridized carbons (Fsp3) is 0.583. The van der Waals surface area contributed by atoms with E-state index in [0.717, 1.165) is 16.5 Å². The van der Waals surface area contributed by atoms with Crippen LogP contribution in [0.3, 0.4) is 0 Å². The third-order valence-corrected chi connectivity index (χ3v) is 6.31. The summed E-state index contributed by atoms with van der Waals surface area (Å²) in [6, 6.07) is 1.63. The van der Waals surface area contributed by atoms with E-state index in [0.29, 0.717) is 30.8 Å². The SMILES string of the molecule is Cc1cnc2c3c(cn2C(=O)OC(C)(C)C)C(O)N(C(C(=O)N2CC(C#N)C2)C(C)C)Cc13. The first kappa shape index (κ1) is 23.2. The fourth-order valence-electron chi connectivity index (χ4n) is 4.67. The van der Waals surface area contributed by atoms with Gasteiger partial charge in [0.15, 0.2) is 0 Å². The van der Waals surface area contributed by atoms with Crippen LogP contribution in [0.25, 0.3) is 11.0 Å². The number of carbonyl (C=O) groups excluding carboxylic acids is 2. The van der Waals surface area contributed by atoms with E-state index >= 15 is 0 Å². The summed E-state index contributed by atoms with van der Waals surface area (Å²) in [5, 5.41) is 21.2. The number of aryl methyl sites for hydroxylation is 1. The van der Waals surface area contributed by atoms with Crippen molar-refractivity contribution in [3.63, 3.8) is 0 Å². The maximum Gasteiger partial charge on any atom is 0.420 e. The van der Waals surface area contributed by atoms with Crippen LogP contribution < -0.4 is 0 Å². The quantitative estimate of drug-likeness (QED) is 0.760. The highest BCUT2D eigenvalue weighted by Crippen LogP contribution is 2.40. The number of aliphatic hydroxyl groups is 1. The van der Waals surface area contributed by atoms with Crippen molar-refractivity contribution in [2.24, 2.45) is 11.8 Å². The second-order valence-electron chi connectivity index (χ2n) is 10.4. The van der Waals surface area contributed by atoms with Crippen LogP contribution in [0.4, 0.5) is 4.79 Å². The van der Waals surface area contributed by atoms with Gasteiger partial charge in [0.2, 0.25) is 5.91 Å². The Hall–Kier alpha value is -2.96. The predicted molar refractivity (Wildman–Crippen MR) is 121 cm³/mol. The Labute approximate surface area is 193 Å². The molecule has 2 atom stereocenters. The minimum Gasteiger partial charge on any atom is -0.443 e. The molecule has 2 aromatic rings. The van der Waals surface area contributed by atoms with Crippen molar-refractivity contribution in [3.8, 4) is 6.07 Å². The zero-order valence-electron chi connectivity index (χ0n) is 20.0. The van der Waals surface area contributed by atoms with Crippen molar-refractivity contribution < 1.29 is 19.4 Å². The van der Waals surface area contributed by atoms with Gasteiger partial charge < -0.3 is 14.7 Å². The molecule has 1 amide bonds. The molecule has 0 saturated carbocycles. The number of nitriles is 1. The Morgan fingerprint density at radius 2 is 1.97 bits per heavy atom. The van der Waals surface area contributed by atoms with Gasteiger partial charge in [-0.3, -0.25) is 9.69 Å². The molecule has 2 aliphatic heterocycles. The standard InChI is InChI=1S/C24H31N5O4/c1-13(2)19(22(31)27-9-15(7-25)10-27)28-11-16-14(3)8-26-20-18(16)17(21(28)30)12-29(20)23(32)33-24(4,5)6/h8,12-13,15,19,21,30H,9-11H2,1-6H3. The van der Waals surface area contributed by atoms with Gasteiger partial charge in [0, 0.05) is 43.0 Å². The van der Waals surface area contributed by atoms with Crippen LogP contribution in [-0.4, -0.2) is 61.2 Å². The third-order valence-electron chi connectivity index (χ3n) is 6.31. The summed E-state index contributed by atoms with van der Waals surface area (Å²) < 4.78 is 6.88. The summed E-state index contributed by atoms with van der Waals surface area (Å²) in [5.41, 5.74) is 2.14. The lowest BCUT2D eigenvalue weighted by Gasteiger charge is -2.44. The summed E-state index contributed by atoms with van der Waals surface area (Å²) in [6.07, 6.45) is 1.62. The summed E-state index contributed by atoms with van der Waals surface area (Å²) in [4.78, 5) is 34.2. The summed E-state index contributed by atoms with van der Waals surface area (Å²) >= 11 is 0. The molecule has 33 heavy (non-hydrogen) atoms. The number of carbonyl (C=O) groups is 2. The highest BCUT2D eigenvalue weighted by molar-refractivity contribution is 5.93. The third kappa shape index (κ3) is 3.98. The van der Waals surface area contributed by atoms with Crippen LogP contribution in [0.1, 0.15) is 57.5 Å². The molecule has 0 bridgehead atoms. The molecule has 9 heteroatoms. The molecule has 1 saturated heterocycles. The Morgan fingerprint density at radius 1 is 1.30 bits per heavy atom. The average Bonchev–Trinajstić information content (AvgIpc) is 3.06. The molecule has 176 valence electrons. The second kappa shape index (κ2) is 8.12. The largest absolute Gasteiger partial charge is 0.443 e. The van der Waals surface area contributed by atoms with E-state index in [9.17, 15) is 14.7 Å². The molecule has 0 spiro atoms. The number of aliphatic hydroxyl groups excluding tert-OH is 1. The average molecular weight is 454 g/mol. The van der Waals surface area contributed by atoms with Crippen LogP contribution in [0.15, 0.2) is 12.4 Å². The number of nitrogens with zero attached hydrogens (tertiary/aromatic N) is 5. The molecule has 0 aromatic carbocycles. The normalized spacial score (nSPS) is 20.0. The van der Waals surface area contributed by atoms with Crippen molar-refractivity contribution in [2.45, 2.75) is 66.0 Å². The van der Waals surface area contributed by atoms with Crippen LogP contribution in [0.2, 0.25) is 0 Å². The van der Waals surface area contributed by atoms with E-state index < -0.39 is 24.0 Å². The minimum atomic E-state index is -1.09. The van der Waals surface area contributed by atoms with Crippen molar-refractivity contribution in [2.75, 3.05) is 13.1 Å². The molecule has 0 aliphatic carbocycles. The predicted octanol–water partition coefficient (Wildman–Crippen LogP) is 2.94. The lowest BCUT2D eigenvalue weighted by molar-refractivity contribution is -0.151. The molecule has 2 unspecified atom stereocenters.